The molecule has 3 rings (SSSR count). The quantitative estimate of drug-likeness (QED) is 0.918. The molecule has 1 saturated heterocycles. The van der Waals surface area contributed by atoms with Gasteiger partial charge in [-0.1, -0.05) is 18.5 Å². The number of hydrogen-bond acceptors (Lipinski definition) is 2. The highest BCUT2D eigenvalue weighted by Gasteiger charge is 2.22. The molecule has 1 aliphatic rings. The first kappa shape index (κ1) is 12.8. The zero-order valence-corrected chi connectivity index (χ0v) is 11.8. The van der Waals surface area contributed by atoms with Crippen molar-refractivity contribution in [3.8, 4) is 0 Å². The van der Waals surface area contributed by atoms with Crippen LogP contribution in [-0.2, 0) is 0 Å². The molecule has 2 heterocycles. The van der Waals surface area contributed by atoms with Gasteiger partial charge in [0, 0.05) is 24.2 Å². The number of rotatable bonds is 2. The Morgan fingerprint density at radius 2 is 2.11 bits per heavy atom. The predicted molar refractivity (Wildman–Crippen MR) is 78.0 cm³/mol. The van der Waals surface area contributed by atoms with Gasteiger partial charge >= 0.3 is 5.69 Å². The Morgan fingerprint density at radius 3 is 2.79 bits per heavy atom. The lowest BCUT2D eigenvalue weighted by atomic mass is 10.0. The third-order valence-electron chi connectivity index (χ3n) is 4.05. The molecule has 4 nitrogen and oxygen atoms in total. The molecule has 1 aromatic carbocycles. The van der Waals surface area contributed by atoms with E-state index in [1.165, 1.54) is 0 Å². The zero-order chi connectivity index (χ0) is 13.4. The van der Waals surface area contributed by atoms with Gasteiger partial charge in [0.05, 0.1) is 11.0 Å². The van der Waals surface area contributed by atoms with E-state index < -0.39 is 0 Å². The summed E-state index contributed by atoms with van der Waals surface area (Å²) in [4.78, 5) is 17.5. The summed E-state index contributed by atoms with van der Waals surface area (Å²) < 4.78 is 1.88. The summed E-state index contributed by atoms with van der Waals surface area (Å²) >= 11 is 6.05. The minimum Gasteiger partial charge on any atom is -0.306 e. The molecule has 19 heavy (non-hydrogen) atoms. The monoisotopic (exact) mass is 279 g/mol. The molecule has 1 aliphatic heterocycles. The lowest BCUT2D eigenvalue weighted by Crippen LogP contribution is -2.36. The Bertz CT molecular complexity index is 638. The number of fused-ring (bicyclic) bond motifs is 1. The van der Waals surface area contributed by atoms with Crippen LogP contribution in [-0.4, -0.2) is 34.1 Å². The molecule has 0 saturated carbocycles. The van der Waals surface area contributed by atoms with Crippen molar-refractivity contribution in [1.82, 2.24) is 14.5 Å². The number of H-pyrrole nitrogens is 1. The van der Waals surface area contributed by atoms with Gasteiger partial charge in [-0.05, 0) is 37.6 Å². The Morgan fingerprint density at radius 1 is 1.37 bits per heavy atom. The molecule has 0 unspecified atom stereocenters. The number of halogens is 1. The fraction of sp³-hybridized carbons (Fsp3) is 0.500. The molecule has 2 aromatic rings. The van der Waals surface area contributed by atoms with Crippen LogP contribution >= 0.6 is 11.6 Å². The third kappa shape index (κ3) is 2.30. The summed E-state index contributed by atoms with van der Waals surface area (Å²) in [5.41, 5.74) is 1.77. The average molecular weight is 280 g/mol. The maximum absolute atomic E-state index is 12.2. The van der Waals surface area contributed by atoms with Crippen LogP contribution in [0.4, 0.5) is 0 Å². The van der Waals surface area contributed by atoms with E-state index in [0.717, 1.165) is 43.5 Å². The normalized spacial score (nSPS) is 18.2. The summed E-state index contributed by atoms with van der Waals surface area (Å²) in [5, 5.41) is 0.672. The van der Waals surface area contributed by atoms with Crippen molar-refractivity contribution in [2.45, 2.75) is 25.8 Å². The molecule has 1 aromatic heterocycles. The second-order valence-corrected chi connectivity index (χ2v) is 5.56. The van der Waals surface area contributed by atoms with E-state index in [1.807, 2.05) is 22.8 Å². The molecule has 0 atom stereocenters. The Balaban J connectivity index is 1.98. The topological polar surface area (TPSA) is 41.0 Å². The minimum absolute atomic E-state index is 0.0211. The first-order valence-electron chi connectivity index (χ1n) is 6.81. The first-order chi connectivity index (χ1) is 9.19. The van der Waals surface area contributed by atoms with Gasteiger partial charge in [-0.2, -0.15) is 0 Å². The highest BCUT2D eigenvalue weighted by atomic mass is 35.5. The summed E-state index contributed by atoms with van der Waals surface area (Å²) in [6, 6.07) is 5.84. The first-order valence-corrected chi connectivity index (χ1v) is 7.19. The van der Waals surface area contributed by atoms with Crippen LogP contribution in [0.1, 0.15) is 25.8 Å². The molecule has 0 bridgehead atoms. The number of piperidine rings is 1. The number of nitrogens with one attached hydrogen (secondary N) is 1. The average Bonchev–Trinajstić information content (AvgIpc) is 2.74. The Kier molecular flexibility index (Phi) is 3.37. The minimum atomic E-state index is -0.0211. The van der Waals surface area contributed by atoms with Crippen molar-refractivity contribution in [2.75, 3.05) is 19.6 Å². The predicted octanol–water partition coefficient (Wildman–Crippen LogP) is 2.64. The molecular formula is C14H18ClN3O. The van der Waals surface area contributed by atoms with Crippen LogP contribution in [0.2, 0.25) is 5.02 Å². The maximum Gasteiger partial charge on any atom is 0.326 e. The Labute approximate surface area is 117 Å². The van der Waals surface area contributed by atoms with Crippen molar-refractivity contribution < 1.29 is 0 Å². The van der Waals surface area contributed by atoms with Gasteiger partial charge in [-0.3, -0.25) is 4.57 Å². The van der Waals surface area contributed by atoms with E-state index in [0.29, 0.717) is 5.02 Å². The number of benzene rings is 1. The zero-order valence-electron chi connectivity index (χ0n) is 11.0. The molecule has 0 radical (unpaired) electrons. The van der Waals surface area contributed by atoms with Gasteiger partial charge in [0.15, 0.2) is 0 Å². The number of aromatic amines is 1. The lowest BCUT2D eigenvalue weighted by molar-refractivity contribution is 0.195. The van der Waals surface area contributed by atoms with Crippen molar-refractivity contribution in [2.24, 2.45) is 0 Å². The number of hydrogen-bond donors (Lipinski definition) is 1. The molecule has 1 fully saturated rings. The summed E-state index contributed by atoms with van der Waals surface area (Å²) in [5.74, 6) is 0. The maximum atomic E-state index is 12.2. The van der Waals surface area contributed by atoms with Gasteiger partial charge < -0.3 is 9.88 Å². The van der Waals surface area contributed by atoms with Crippen molar-refractivity contribution in [1.29, 1.82) is 0 Å². The van der Waals surface area contributed by atoms with Crippen LogP contribution in [0, 0.1) is 0 Å². The molecule has 0 amide bonds. The molecule has 1 N–H and O–H groups in total. The summed E-state index contributed by atoms with van der Waals surface area (Å²) in [7, 11) is 0. The van der Waals surface area contributed by atoms with Crippen LogP contribution in [0.5, 0.6) is 0 Å². The van der Waals surface area contributed by atoms with Crippen molar-refractivity contribution in [3.05, 3.63) is 33.7 Å². The second kappa shape index (κ2) is 5.02. The SMILES string of the molecule is CCN1CCC(n2c(=O)[nH]c3ccc(Cl)cc32)CC1. The third-order valence-corrected chi connectivity index (χ3v) is 4.28. The van der Waals surface area contributed by atoms with Crippen LogP contribution in [0.15, 0.2) is 23.0 Å². The van der Waals surface area contributed by atoms with Crippen LogP contribution in [0.25, 0.3) is 11.0 Å². The van der Waals surface area contributed by atoms with Gasteiger partial charge in [0.1, 0.15) is 0 Å². The molecule has 0 aliphatic carbocycles. The fourth-order valence-corrected chi connectivity index (χ4v) is 3.12. The van der Waals surface area contributed by atoms with Gasteiger partial charge in [0.25, 0.3) is 0 Å². The highest BCUT2D eigenvalue weighted by Crippen LogP contribution is 2.26. The summed E-state index contributed by atoms with van der Waals surface area (Å²) in [6.45, 7) is 5.38. The van der Waals surface area contributed by atoms with Gasteiger partial charge in [-0.15, -0.1) is 0 Å². The van der Waals surface area contributed by atoms with Crippen molar-refractivity contribution >= 4 is 22.6 Å². The largest absolute Gasteiger partial charge is 0.326 e. The number of aromatic nitrogens is 2. The molecule has 102 valence electrons. The number of likely N-dealkylation sites (tertiary alicyclic amines) is 1. The Hall–Kier alpha value is -1.26. The highest BCUT2D eigenvalue weighted by molar-refractivity contribution is 6.31. The number of imidazole rings is 1. The fourth-order valence-electron chi connectivity index (χ4n) is 2.95. The van der Waals surface area contributed by atoms with E-state index in [-0.39, 0.29) is 11.7 Å². The van der Waals surface area contributed by atoms with E-state index in [2.05, 4.69) is 16.8 Å². The second-order valence-electron chi connectivity index (χ2n) is 5.13. The van der Waals surface area contributed by atoms with E-state index >= 15 is 0 Å². The van der Waals surface area contributed by atoms with Crippen molar-refractivity contribution in [3.63, 3.8) is 0 Å². The lowest BCUT2D eigenvalue weighted by Gasteiger charge is -2.31. The molecular weight excluding hydrogens is 262 g/mol. The van der Waals surface area contributed by atoms with E-state index in [9.17, 15) is 4.79 Å². The van der Waals surface area contributed by atoms with Gasteiger partial charge in [0.2, 0.25) is 0 Å². The summed E-state index contributed by atoms with van der Waals surface area (Å²) in [6.07, 6.45) is 2.04. The van der Waals surface area contributed by atoms with E-state index in [4.69, 9.17) is 11.6 Å². The molecule has 5 heteroatoms. The van der Waals surface area contributed by atoms with Gasteiger partial charge in [-0.25, -0.2) is 4.79 Å². The van der Waals surface area contributed by atoms with Crippen LogP contribution in [0.3, 0.4) is 0 Å². The molecule has 0 spiro atoms. The standard InChI is InChI=1S/C14H18ClN3O/c1-2-17-7-5-11(6-8-17)18-13-9-10(15)3-4-12(13)16-14(18)19/h3-4,9,11H,2,5-8H2,1H3,(H,16,19). The number of nitrogens with zero attached hydrogens (tertiary/aromatic N) is 2. The van der Waals surface area contributed by atoms with Crippen LogP contribution < -0.4 is 5.69 Å². The van der Waals surface area contributed by atoms with E-state index in [1.54, 1.807) is 0 Å². The smallest absolute Gasteiger partial charge is 0.306 e.